The van der Waals surface area contributed by atoms with Gasteiger partial charge < -0.3 is 15.0 Å². The quantitative estimate of drug-likeness (QED) is 0.882. The number of hydrogen-bond donors (Lipinski definition) is 1. The van der Waals surface area contributed by atoms with Gasteiger partial charge in [0.2, 0.25) is 0 Å². The van der Waals surface area contributed by atoms with Crippen LogP contribution >= 0.6 is 0 Å². The van der Waals surface area contributed by atoms with Crippen molar-refractivity contribution in [2.24, 2.45) is 0 Å². The second kappa shape index (κ2) is 6.80. The molecule has 0 bridgehead atoms. The molecule has 3 heteroatoms. The van der Waals surface area contributed by atoms with Gasteiger partial charge in [-0.1, -0.05) is 6.42 Å². The van der Waals surface area contributed by atoms with Gasteiger partial charge in [-0.3, -0.25) is 0 Å². The van der Waals surface area contributed by atoms with E-state index in [1.54, 1.807) is 0 Å². The van der Waals surface area contributed by atoms with Crippen molar-refractivity contribution in [2.75, 3.05) is 25.0 Å². The summed E-state index contributed by atoms with van der Waals surface area (Å²) in [4.78, 5) is 2.32. The van der Waals surface area contributed by atoms with Gasteiger partial charge in [0.1, 0.15) is 5.75 Å². The molecule has 1 aromatic carbocycles. The van der Waals surface area contributed by atoms with Crippen LogP contribution < -0.4 is 15.0 Å². The molecule has 0 aromatic heterocycles. The highest BCUT2D eigenvalue weighted by molar-refractivity contribution is 5.48. The molecule has 106 valence electrons. The molecule has 2 rings (SSSR count). The Morgan fingerprint density at radius 1 is 1.26 bits per heavy atom. The van der Waals surface area contributed by atoms with E-state index in [0.29, 0.717) is 6.04 Å². The Balaban J connectivity index is 1.89. The zero-order chi connectivity index (χ0) is 13.7. The number of hydrogen-bond acceptors (Lipinski definition) is 3. The molecule has 1 heterocycles. The molecule has 0 spiro atoms. The van der Waals surface area contributed by atoms with E-state index in [9.17, 15) is 0 Å². The third-order valence-corrected chi connectivity index (χ3v) is 3.56. The molecule has 1 atom stereocenters. The lowest BCUT2D eigenvalue weighted by atomic mass is 10.0. The summed E-state index contributed by atoms with van der Waals surface area (Å²) in [6.45, 7) is 6.34. The number of ether oxygens (including phenoxy) is 1. The standard InChI is InChI=1S/C16H26N2O/c1-13(2)19-16-9-7-15(8-10-16)18(3)12-14-6-4-5-11-17-14/h7-10,13-14,17H,4-6,11-12H2,1-3H3. The molecule has 1 unspecified atom stereocenters. The van der Waals surface area contributed by atoms with Gasteiger partial charge in [-0.15, -0.1) is 0 Å². The predicted octanol–water partition coefficient (Wildman–Crippen LogP) is 3.05. The van der Waals surface area contributed by atoms with Crippen molar-refractivity contribution in [1.29, 1.82) is 0 Å². The average molecular weight is 262 g/mol. The van der Waals surface area contributed by atoms with Gasteiger partial charge >= 0.3 is 0 Å². The number of piperidine rings is 1. The largest absolute Gasteiger partial charge is 0.491 e. The zero-order valence-corrected chi connectivity index (χ0v) is 12.4. The highest BCUT2D eigenvalue weighted by atomic mass is 16.5. The molecular formula is C16H26N2O. The van der Waals surface area contributed by atoms with Crippen LogP contribution in [0.4, 0.5) is 5.69 Å². The Morgan fingerprint density at radius 3 is 2.58 bits per heavy atom. The Morgan fingerprint density at radius 2 is 2.00 bits per heavy atom. The number of nitrogens with zero attached hydrogens (tertiary/aromatic N) is 1. The van der Waals surface area contributed by atoms with Crippen molar-refractivity contribution in [3.05, 3.63) is 24.3 Å². The first-order chi connectivity index (χ1) is 9.15. The van der Waals surface area contributed by atoms with Gasteiger partial charge in [-0.2, -0.15) is 0 Å². The van der Waals surface area contributed by atoms with Gasteiger partial charge in [0.05, 0.1) is 6.10 Å². The number of rotatable bonds is 5. The van der Waals surface area contributed by atoms with Crippen LogP contribution in [0.25, 0.3) is 0 Å². The van der Waals surface area contributed by atoms with Gasteiger partial charge in [0.15, 0.2) is 0 Å². The fourth-order valence-electron chi connectivity index (χ4n) is 2.57. The molecule has 1 fully saturated rings. The molecule has 1 N–H and O–H groups in total. The van der Waals surface area contributed by atoms with Gasteiger partial charge in [0.25, 0.3) is 0 Å². The number of likely N-dealkylation sites (N-methyl/N-ethyl adjacent to an activating group) is 1. The second-order valence-corrected chi connectivity index (χ2v) is 5.69. The third-order valence-electron chi connectivity index (χ3n) is 3.56. The van der Waals surface area contributed by atoms with Crippen LogP contribution in [0.3, 0.4) is 0 Å². The lowest BCUT2D eigenvalue weighted by molar-refractivity contribution is 0.242. The summed E-state index contributed by atoms with van der Waals surface area (Å²) >= 11 is 0. The minimum atomic E-state index is 0.231. The third kappa shape index (κ3) is 4.43. The SMILES string of the molecule is CC(C)Oc1ccc(N(C)CC2CCCCN2)cc1. The minimum absolute atomic E-state index is 0.231. The van der Waals surface area contributed by atoms with Crippen LogP contribution in [0, 0.1) is 0 Å². The number of nitrogens with one attached hydrogen (secondary N) is 1. The van der Waals surface area contributed by atoms with E-state index >= 15 is 0 Å². The minimum Gasteiger partial charge on any atom is -0.491 e. The smallest absolute Gasteiger partial charge is 0.119 e. The Bertz CT molecular complexity index is 369. The summed E-state index contributed by atoms with van der Waals surface area (Å²) in [5.74, 6) is 0.947. The topological polar surface area (TPSA) is 24.5 Å². The molecule has 1 aromatic rings. The predicted molar refractivity (Wildman–Crippen MR) is 81.1 cm³/mol. The molecule has 0 aliphatic carbocycles. The lowest BCUT2D eigenvalue weighted by Crippen LogP contribution is -2.42. The second-order valence-electron chi connectivity index (χ2n) is 5.69. The maximum absolute atomic E-state index is 5.67. The fraction of sp³-hybridized carbons (Fsp3) is 0.625. The molecule has 1 aliphatic rings. The average Bonchev–Trinajstić information content (AvgIpc) is 2.40. The summed E-state index contributed by atoms with van der Waals surface area (Å²) in [6.07, 6.45) is 4.20. The van der Waals surface area contributed by atoms with E-state index in [2.05, 4.69) is 55.4 Å². The highest BCUT2D eigenvalue weighted by Gasteiger charge is 2.14. The van der Waals surface area contributed by atoms with Crippen molar-refractivity contribution in [3.8, 4) is 5.75 Å². The van der Waals surface area contributed by atoms with E-state index in [1.807, 2.05) is 0 Å². The number of anilines is 1. The zero-order valence-electron chi connectivity index (χ0n) is 12.4. The van der Waals surface area contributed by atoms with Gasteiger partial charge in [0, 0.05) is 25.3 Å². The molecule has 1 saturated heterocycles. The first-order valence-corrected chi connectivity index (χ1v) is 7.36. The highest BCUT2D eigenvalue weighted by Crippen LogP contribution is 2.20. The van der Waals surface area contributed by atoms with Crippen LogP contribution in [0.1, 0.15) is 33.1 Å². The molecule has 1 aliphatic heterocycles. The van der Waals surface area contributed by atoms with Crippen LogP contribution in [-0.4, -0.2) is 32.3 Å². The summed E-state index contributed by atoms with van der Waals surface area (Å²) in [5.41, 5.74) is 1.25. The Hall–Kier alpha value is -1.22. The van der Waals surface area contributed by atoms with E-state index < -0.39 is 0 Å². The fourth-order valence-corrected chi connectivity index (χ4v) is 2.57. The summed E-state index contributed by atoms with van der Waals surface area (Å²) in [7, 11) is 2.16. The summed E-state index contributed by atoms with van der Waals surface area (Å²) < 4.78 is 5.67. The van der Waals surface area contributed by atoms with Crippen molar-refractivity contribution < 1.29 is 4.74 Å². The van der Waals surface area contributed by atoms with Crippen molar-refractivity contribution in [1.82, 2.24) is 5.32 Å². The van der Waals surface area contributed by atoms with Crippen LogP contribution in [-0.2, 0) is 0 Å². The number of benzene rings is 1. The molecule has 0 amide bonds. The molecule has 0 saturated carbocycles. The van der Waals surface area contributed by atoms with E-state index in [4.69, 9.17) is 4.74 Å². The monoisotopic (exact) mass is 262 g/mol. The van der Waals surface area contributed by atoms with Gasteiger partial charge in [-0.05, 0) is 57.5 Å². The van der Waals surface area contributed by atoms with Crippen molar-refractivity contribution >= 4 is 5.69 Å². The van der Waals surface area contributed by atoms with E-state index in [1.165, 1.54) is 31.5 Å². The van der Waals surface area contributed by atoms with Crippen molar-refractivity contribution in [3.63, 3.8) is 0 Å². The summed E-state index contributed by atoms with van der Waals surface area (Å²) in [5, 5.41) is 3.59. The summed E-state index contributed by atoms with van der Waals surface area (Å²) in [6, 6.07) is 9.02. The van der Waals surface area contributed by atoms with E-state index in [-0.39, 0.29) is 6.10 Å². The molecular weight excluding hydrogens is 236 g/mol. The first-order valence-electron chi connectivity index (χ1n) is 7.36. The molecule has 0 radical (unpaired) electrons. The Kier molecular flexibility index (Phi) is 5.08. The van der Waals surface area contributed by atoms with E-state index in [0.717, 1.165) is 12.3 Å². The normalized spacial score (nSPS) is 19.5. The Labute approximate surface area is 116 Å². The first kappa shape index (κ1) is 14.2. The van der Waals surface area contributed by atoms with Crippen LogP contribution in [0.2, 0.25) is 0 Å². The maximum Gasteiger partial charge on any atom is 0.119 e. The van der Waals surface area contributed by atoms with Gasteiger partial charge in [-0.25, -0.2) is 0 Å². The lowest BCUT2D eigenvalue weighted by Gasteiger charge is -2.29. The maximum atomic E-state index is 5.67. The molecule has 3 nitrogen and oxygen atoms in total. The molecule has 19 heavy (non-hydrogen) atoms. The van der Waals surface area contributed by atoms with Crippen LogP contribution in [0.15, 0.2) is 24.3 Å². The van der Waals surface area contributed by atoms with Crippen LogP contribution in [0.5, 0.6) is 5.75 Å². The van der Waals surface area contributed by atoms with Crippen molar-refractivity contribution in [2.45, 2.75) is 45.3 Å².